The fraction of sp³-hybridized carbons (Fsp3) is 0.600. The average Bonchev–Trinajstić information content (AvgIpc) is 2.93. The van der Waals surface area contributed by atoms with Crippen LogP contribution in [0.3, 0.4) is 0 Å². The minimum absolute atomic E-state index is 0.0319. The Balaban J connectivity index is 0.000000788. The third-order valence-corrected chi connectivity index (χ3v) is 5.92. The maximum absolute atomic E-state index is 11.7. The van der Waals surface area contributed by atoms with Gasteiger partial charge in [-0.05, 0) is 43.5 Å². The Morgan fingerprint density at radius 1 is 0.927 bits per heavy atom. The fourth-order valence-corrected chi connectivity index (χ4v) is 3.30. The first kappa shape index (κ1) is 37.4. The summed E-state index contributed by atoms with van der Waals surface area (Å²) in [6.45, 7) is 8.51. The molecule has 1 atom stereocenters. The summed E-state index contributed by atoms with van der Waals surface area (Å²) >= 11 is 0. The molecule has 0 aromatic heterocycles. The van der Waals surface area contributed by atoms with Crippen LogP contribution in [0.1, 0.15) is 71.8 Å². The van der Waals surface area contributed by atoms with Crippen LogP contribution in [0.5, 0.6) is 0 Å². The number of rotatable bonds is 18. The van der Waals surface area contributed by atoms with Gasteiger partial charge in [-0.1, -0.05) is 46.2 Å². The van der Waals surface area contributed by atoms with E-state index in [1.807, 2.05) is 26.0 Å². The summed E-state index contributed by atoms with van der Waals surface area (Å²) < 4.78 is 5.11. The molecule has 11 nitrogen and oxygen atoms in total. The van der Waals surface area contributed by atoms with Crippen molar-refractivity contribution >= 4 is 42.0 Å². The number of aldehydes is 2. The standard InChI is InChI=1S/C16H28N2O4.C14H20N2O3/c1-13(2)14(12-20)17-15(21)8-5-4-6-10-18(3)16(22)9-7-11-19;1-10(2)14(18)19-9-11-4-6-12(7-5-11)16-13(17)8-15-3/h11-14H,4-10H2,1-3H3,(H,17,21);4-7,10,15H,8-9H2,1-3H3,(H,16,17). The highest BCUT2D eigenvalue weighted by Crippen LogP contribution is 2.11. The van der Waals surface area contributed by atoms with Crippen molar-refractivity contribution in [1.29, 1.82) is 0 Å². The zero-order valence-electron chi connectivity index (χ0n) is 25.4. The molecule has 41 heavy (non-hydrogen) atoms. The van der Waals surface area contributed by atoms with Crippen LogP contribution in [-0.2, 0) is 40.1 Å². The number of nitrogens with one attached hydrogen (secondary N) is 3. The lowest BCUT2D eigenvalue weighted by Gasteiger charge is -2.17. The van der Waals surface area contributed by atoms with Gasteiger partial charge < -0.3 is 35.2 Å². The summed E-state index contributed by atoms with van der Waals surface area (Å²) in [6, 6.07) is 6.79. The minimum atomic E-state index is -0.422. The highest BCUT2D eigenvalue weighted by molar-refractivity contribution is 5.92. The van der Waals surface area contributed by atoms with E-state index in [0.29, 0.717) is 13.0 Å². The van der Waals surface area contributed by atoms with Crippen molar-refractivity contribution in [3.8, 4) is 0 Å². The molecule has 0 saturated heterocycles. The molecule has 3 N–H and O–H groups in total. The van der Waals surface area contributed by atoms with Gasteiger partial charge in [-0.3, -0.25) is 19.2 Å². The lowest BCUT2D eigenvalue weighted by molar-refractivity contribution is -0.148. The molecule has 0 aliphatic carbocycles. The minimum Gasteiger partial charge on any atom is -0.461 e. The Labute approximate surface area is 244 Å². The number of ether oxygens (including phenoxy) is 1. The van der Waals surface area contributed by atoms with Crippen LogP contribution in [0.4, 0.5) is 5.69 Å². The van der Waals surface area contributed by atoms with Gasteiger partial charge in [-0.25, -0.2) is 0 Å². The van der Waals surface area contributed by atoms with Crippen LogP contribution < -0.4 is 16.0 Å². The number of anilines is 1. The second-order valence-electron chi connectivity index (χ2n) is 10.3. The largest absolute Gasteiger partial charge is 0.461 e. The third-order valence-electron chi connectivity index (χ3n) is 5.92. The molecule has 1 aromatic carbocycles. The summed E-state index contributed by atoms with van der Waals surface area (Å²) in [5.41, 5.74) is 1.61. The second-order valence-corrected chi connectivity index (χ2v) is 10.3. The molecule has 0 bridgehead atoms. The van der Waals surface area contributed by atoms with E-state index >= 15 is 0 Å². The number of carbonyl (C=O) groups is 6. The van der Waals surface area contributed by atoms with E-state index in [9.17, 15) is 28.8 Å². The SMILES string of the molecule is CC(C)C(C=O)NC(=O)CCCCCN(C)C(=O)CCC=O.CNCC(=O)Nc1ccc(COC(=O)C(C)C)cc1. The van der Waals surface area contributed by atoms with Gasteiger partial charge >= 0.3 is 5.97 Å². The van der Waals surface area contributed by atoms with Crippen LogP contribution in [0.15, 0.2) is 24.3 Å². The summed E-state index contributed by atoms with van der Waals surface area (Å²) in [5.74, 6) is -0.489. The first-order valence-corrected chi connectivity index (χ1v) is 14.1. The summed E-state index contributed by atoms with van der Waals surface area (Å²) in [5, 5.41) is 8.22. The van der Waals surface area contributed by atoms with Crippen molar-refractivity contribution < 1.29 is 33.5 Å². The molecule has 0 heterocycles. The number of hydrogen-bond acceptors (Lipinski definition) is 8. The van der Waals surface area contributed by atoms with E-state index in [1.165, 1.54) is 0 Å². The Bertz CT molecular complexity index is 949. The Morgan fingerprint density at radius 3 is 2.12 bits per heavy atom. The molecule has 1 aromatic rings. The van der Waals surface area contributed by atoms with Gasteiger partial charge in [0.1, 0.15) is 19.2 Å². The van der Waals surface area contributed by atoms with Crippen molar-refractivity contribution in [3.63, 3.8) is 0 Å². The number of hydrogen-bond donors (Lipinski definition) is 3. The Hall–Kier alpha value is -3.60. The molecule has 3 amide bonds. The van der Waals surface area contributed by atoms with E-state index in [4.69, 9.17) is 4.74 Å². The van der Waals surface area contributed by atoms with Gasteiger partial charge in [0.2, 0.25) is 17.7 Å². The maximum atomic E-state index is 11.7. The zero-order chi connectivity index (χ0) is 31.2. The number of unbranched alkanes of at least 4 members (excludes halogenated alkanes) is 2. The lowest BCUT2D eigenvalue weighted by atomic mass is 10.1. The number of likely N-dealkylation sites (N-methyl/N-ethyl adjacent to an activating group) is 1. The van der Waals surface area contributed by atoms with Gasteiger partial charge in [0.05, 0.1) is 18.5 Å². The number of amides is 3. The van der Waals surface area contributed by atoms with Gasteiger partial charge in [-0.15, -0.1) is 0 Å². The van der Waals surface area contributed by atoms with Crippen LogP contribution in [-0.4, -0.2) is 74.4 Å². The predicted octanol–water partition coefficient (Wildman–Crippen LogP) is 2.87. The molecule has 0 radical (unpaired) electrons. The van der Waals surface area contributed by atoms with Gasteiger partial charge in [-0.2, -0.15) is 0 Å². The van der Waals surface area contributed by atoms with Gasteiger partial charge in [0.15, 0.2) is 0 Å². The van der Waals surface area contributed by atoms with Crippen molar-refractivity contribution in [2.45, 2.75) is 78.9 Å². The average molecular weight is 577 g/mol. The quantitative estimate of drug-likeness (QED) is 0.137. The second kappa shape index (κ2) is 22.1. The predicted molar refractivity (Wildman–Crippen MR) is 158 cm³/mol. The van der Waals surface area contributed by atoms with E-state index in [0.717, 1.165) is 43.1 Å². The number of esters is 1. The van der Waals surface area contributed by atoms with E-state index in [1.54, 1.807) is 45.0 Å². The van der Waals surface area contributed by atoms with Crippen LogP contribution in [0.2, 0.25) is 0 Å². The molecule has 0 fully saturated rings. The molecule has 1 unspecified atom stereocenters. The Morgan fingerprint density at radius 2 is 1.59 bits per heavy atom. The first-order chi connectivity index (χ1) is 19.4. The molecule has 0 saturated carbocycles. The first-order valence-electron chi connectivity index (χ1n) is 14.1. The summed E-state index contributed by atoms with van der Waals surface area (Å²) in [7, 11) is 3.43. The molecular weight excluding hydrogens is 528 g/mol. The van der Waals surface area contributed by atoms with E-state index in [-0.39, 0.29) is 61.5 Å². The number of carbonyl (C=O) groups excluding carboxylic acids is 6. The van der Waals surface area contributed by atoms with Crippen molar-refractivity contribution in [1.82, 2.24) is 15.5 Å². The monoisotopic (exact) mass is 576 g/mol. The molecule has 230 valence electrons. The maximum Gasteiger partial charge on any atom is 0.308 e. The zero-order valence-corrected chi connectivity index (χ0v) is 25.4. The summed E-state index contributed by atoms with van der Waals surface area (Å²) in [6.07, 6.45) is 4.80. The fourth-order valence-electron chi connectivity index (χ4n) is 3.30. The summed E-state index contributed by atoms with van der Waals surface area (Å²) in [4.78, 5) is 68.5. The highest BCUT2D eigenvalue weighted by Gasteiger charge is 2.14. The van der Waals surface area contributed by atoms with E-state index < -0.39 is 6.04 Å². The van der Waals surface area contributed by atoms with Crippen LogP contribution in [0.25, 0.3) is 0 Å². The van der Waals surface area contributed by atoms with Crippen LogP contribution >= 0.6 is 0 Å². The highest BCUT2D eigenvalue weighted by atomic mass is 16.5. The smallest absolute Gasteiger partial charge is 0.308 e. The van der Waals surface area contributed by atoms with Crippen molar-refractivity contribution in [2.75, 3.05) is 32.5 Å². The Kier molecular flexibility index (Phi) is 20.2. The van der Waals surface area contributed by atoms with Gasteiger partial charge in [0.25, 0.3) is 0 Å². The van der Waals surface area contributed by atoms with Crippen molar-refractivity contribution in [3.05, 3.63) is 29.8 Å². The molecular formula is C30H48N4O7. The molecule has 11 heteroatoms. The van der Waals surface area contributed by atoms with Crippen molar-refractivity contribution in [2.24, 2.45) is 11.8 Å². The molecule has 0 spiro atoms. The number of benzene rings is 1. The normalized spacial score (nSPS) is 11.1. The third kappa shape index (κ3) is 18.4. The molecule has 0 aliphatic rings. The number of nitrogens with zero attached hydrogens (tertiary/aromatic N) is 1. The van der Waals surface area contributed by atoms with Gasteiger partial charge in [0, 0.05) is 38.5 Å². The van der Waals surface area contributed by atoms with Crippen LogP contribution in [0, 0.1) is 11.8 Å². The molecule has 0 aliphatic heterocycles. The van der Waals surface area contributed by atoms with E-state index in [2.05, 4.69) is 16.0 Å². The molecule has 1 rings (SSSR count). The lowest BCUT2D eigenvalue weighted by Crippen LogP contribution is -2.39. The topological polar surface area (TPSA) is 151 Å².